The summed E-state index contributed by atoms with van der Waals surface area (Å²) >= 11 is 0. The molecule has 17 heavy (non-hydrogen) atoms. The zero-order chi connectivity index (χ0) is 12.9. The van der Waals surface area contributed by atoms with Gasteiger partial charge in [0.1, 0.15) is 6.10 Å². The highest BCUT2D eigenvalue weighted by molar-refractivity contribution is 7.86. The summed E-state index contributed by atoms with van der Waals surface area (Å²) in [5.74, 6) is 0. The average Bonchev–Trinajstić information content (AvgIpc) is 2.31. The van der Waals surface area contributed by atoms with Crippen molar-refractivity contribution >= 4 is 10.1 Å². The maximum Gasteiger partial charge on any atom is 0.297 e. The Bertz CT molecular complexity index is 433. The summed E-state index contributed by atoms with van der Waals surface area (Å²) in [5.41, 5.74) is 0.967. The molecular weight excluding hydrogens is 244 g/mol. The number of ether oxygens (including phenoxy) is 1. The molecule has 0 saturated carbocycles. The first kappa shape index (κ1) is 14.1. The lowest BCUT2D eigenvalue weighted by atomic mass is 10.2. The van der Waals surface area contributed by atoms with Gasteiger partial charge >= 0.3 is 0 Å². The first-order valence-electron chi connectivity index (χ1n) is 5.09. The number of hydrogen-bond acceptors (Lipinski definition) is 5. The topological polar surface area (TPSA) is 72.8 Å². The van der Waals surface area contributed by atoms with E-state index in [1.54, 1.807) is 12.1 Å². The van der Waals surface area contributed by atoms with E-state index >= 15 is 0 Å². The van der Waals surface area contributed by atoms with E-state index in [2.05, 4.69) is 0 Å². The van der Waals surface area contributed by atoms with Crippen LogP contribution in [0, 0.1) is 6.92 Å². The van der Waals surface area contributed by atoms with Crippen LogP contribution in [0.25, 0.3) is 0 Å². The Labute approximate surface area is 101 Å². The van der Waals surface area contributed by atoms with Gasteiger partial charge in [-0.25, -0.2) is 0 Å². The van der Waals surface area contributed by atoms with Gasteiger partial charge in [-0.3, -0.25) is 4.18 Å². The van der Waals surface area contributed by atoms with Crippen molar-refractivity contribution in [2.75, 3.05) is 20.3 Å². The van der Waals surface area contributed by atoms with Crippen molar-refractivity contribution in [3.05, 3.63) is 29.8 Å². The first-order valence-corrected chi connectivity index (χ1v) is 6.50. The minimum absolute atomic E-state index is 0.0934. The molecule has 1 unspecified atom stereocenters. The van der Waals surface area contributed by atoms with Crippen molar-refractivity contribution in [2.24, 2.45) is 0 Å². The zero-order valence-corrected chi connectivity index (χ0v) is 10.6. The normalized spacial score (nSPS) is 13.6. The van der Waals surface area contributed by atoms with Crippen LogP contribution in [-0.4, -0.2) is 40.0 Å². The molecule has 0 heterocycles. The van der Waals surface area contributed by atoms with Crippen molar-refractivity contribution in [2.45, 2.75) is 17.9 Å². The minimum Gasteiger partial charge on any atom is -0.394 e. The number of aliphatic hydroxyl groups excluding tert-OH is 1. The third-order valence-corrected chi connectivity index (χ3v) is 3.55. The summed E-state index contributed by atoms with van der Waals surface area (Å²) in [6.07, 6.45) is -0.643. The highest BCUT2D eigenvalue weighted by Crippen LogP contribution is 2.13. The molecule has 0 aliphatic carbocycles. The standard InChI is InChI=1S/C11H16O5S/c1-9-3-5-11(6-4-9)17(13,14)16-8-10(7-12)15-2/h3-6,10,12H,7-8H2,1-2H3. The first-order chi connectivity index (χ1) is 7.99. The smallest absolute Gasteiger partial charge is 0.297 e. The molecule has 0 aliphatic heterocycles. The number of aliphatic hydroxyl groups is 1. The van der Waals surface area contributed by atoms with Crippen LogP contribution in [0.1, 0.15) is 5.56 Å². The molecule has 0 fully saturated rings. The van der Waals surface area contributed by atoms with E-state index in [0.29, 0.717) is 0 Å². The van der Waals surface area contributed by atoms with E-state index in [0.717, 1.165) is 5.56 Å². The molecule has 1 aromatic rings. The van der Waals surface area contributed by atoms with E-state index in [-0.39, 0.29) is 18.1 Å². The van der Waals surface area contributed by atoms with Crippen LogP contribution in [0.3, 0.4) is 0 Å². The molecule has 0 aliphatic rings. The van der Waals surface area contributed by atoms with Gasteiger partial charge in [0.05, 0.1) is 18.1 Å². The van der Waals surface area contributed by atoms with Gasteiger partial charge in [0.15, 0.2) is 0 Å². The number of aryl methyl sites for hydroxylation is 1. The quantitative estimate of drug-likeness (QED) is 0.762. The molecule has 5 nitrogen and oxygen atoms in total. The fraction of sp³-hybridized carbons (Fsp3) is 0.455. The van der Waals surface area contributed by atoms with Gasteiger partial charge in [-0.15, -0.1) is 0 Å². The van der Waals surface area contributed by atoms with Crippen molar-refractivity contribution in [3.8, 4) is 0 Å². The number of methoxy groups -OCH3 is 1. The minimum atomic E-state index is -3.78. The van der Waals surface area contributed by atoms with Crippen LogP contribution < -0.4 is 0 Å². The summed E-state index contributed by atoms with van der Waals surface area (Å²) < 4.78 is 33.0. The van der Waals surface area contributed by atoms with Crippen molar-refractivity contribution in [3.63, 3.8) is 0 Å². The maximum atomic E-state index is 11.7. The Hall–Kier alpha value is -0.950. The predicted molar refractivity (Wildman–Crippen MR) is 62.2 cm³/mol. The molecule has 1 N–H and O–H groups in total. The van der Waals surface area contributed by atoms with Crippen LogP contribution in [0.4, 0.5) is 0 Å². The molecule has 0 amide bonds. The van der Waals surface area contributed by atoms with E-state index in [1.165, 1.54) is 19.2 Å². The highest BCUT2D eigenvalue weighted by atomic mass is 32.2. The second kappa shape index (κ2) is 6.11. The van der Waals surface area contributed by atoms with E-state index in [1.807, 2.05) is 6.92 Å². The fourth-order valence-corrected chi connectivity index (χ4v) is 2.07. The summed E-state index contributed by atoms with van der Waals surface area (Å²) in [6.45, 7) is 1.37. The van der Waals surface area contributed by atoms with E-state index in [9.17, 15) is 8.42 Å². The lowest BCUT2D eigenvalue weighted by Gasteiger charge is -2.12. The molecule has 0 radical (unpaired) electrons. The van der Waals surface area contributed by atoms with Crippen molar-refractivity contribution in [1.29, 1.82) is 0 Å². The van der Waals surface area contributed by atoms with Gasteiger partial charge in [-0.2, -0.15) is 8.42 Å². The van der Waals surface area contributed by atoms with Crippen LogP contribution in [-0.2, 0) is 19.0 Å². The Kier molecular flexibility index (Phi) is 5.07. The molecule has 0 saturated heterocycles. The highest BCUT2D eigenvalue weighted by Gasteiger charge is 2.17. The number of benzene rings is 1. The summed E-state index contributed by atoms with van der Waals surface area (Å²) in [5, 5.41) is 8.83. The van der Waals surface area contributed by atoms with Gasteiger partial charge in [-0.1, -0.05) is 17.7 Å². The van der Waals surface area contributed by atoms with Crippen LogP contribution in [0.2, 0.25) is 0 Å². The fourth-order valence-electron chi connectivity index (χ4n) is 1.13. The molecule has 0 aromatic heterocycles. The molecule has 96 valence electrons. The third-order valence-electron chi connectivity index (χ3n) is 2.26. The number of rotatable bonds is 6. The predicted octanol–water partition coefficient (Wildman–Crippen LogP) is 0.708. The largest absolute Gasteiger partial charge is 0.394 e. The molecule has 1 atom stereocenters. The van der Waals surface area contributed by atoms with Gasteiger partial charge < -0.3 is 9.84 Å². The molecule has 0 bridgehead atoms. The van der Waals surface area contributed by atoms with E-state index in [4.69, 9.17) is 14.0 Å². The van der Waals surface area contributed by atoms with Gasteiger partial charge in [0.2, 0.25) is 0 Å². The van der Waals surface area contributed by atoms with Crippen LogP contribution in [0.5, 0.6) is 0 Å². The molecular formula is C11H16O5S. The molecule has 1 rings (SSSR count). The second-order valence-electron chi connectivity index (χ2n) is 3.59. The lowest BCUT2D eigenvalue weighted by molar-refractivity contribution is 0.0180. The van der Waals surface area contributed by atoms with Gasteiger partial charge in [0.25, 0.3) is 10.1 Å². The molecule has 6 heteroatoms. The number of hydrogen-bond donors (Lipinski definition) is 1. The third kappa shape index (κ3) is 4.08. The second-order valence-corrected chi connectivity index (χ2v) is 5.21. The Morgan fingerprint density at radius 3 is 2.35 bits per heavy atom. The maximum absolute atomic E-state index is 11.7. The van der Waals surface area contributed by atoms with Crippen LogP contribution >= 0.6 is 0 Å². The van der Waals surface area contributed by atoms with Gasteiger partial charge in [0, 0.05) is 7.11 Å². The monoisotopic (exact) mass is 260 g/mol. The Balaban J connectivity index is 2.72. The lowest BCUT2D eigenvalue weighted by Crippen LogP contribution is -2.24. The zero-order valence-electron chi connectivity index (χ0n) is 9.79. The Morgan fingerprint density at radius 1 is 1.29 bits per heavy atom. The van der Waals surface area contributed by atoms with E-state index < -0.39 is 16.2 Å². The molecule has 0 spiro atoms. The summed E-state index contributed by atoms with van der Waals surface area (Å²) in [7, 11) is -2.41. The van der Waals surface area contributed by atoms with Crippen molar-refractivity contribution < 1.29 is 22.4 Å². The molecule has 1 aromatic carbocycles. The van der Waals surface area contributed by atoms with Crippen molar-refractivity contribution in [1.82, 2.24) is 0 Å². The Morgan fingerprint density at radius 2 is 1.88 bits per heavy atom. The summed E-state index contributed by atoms with van der Waals surface area (Å²) in [6, 6.07) is 6.34. The average molecular weight is 260 g/mol. The van der Waals surface area contributed by atoms with Gasteiger partial charge in [-0.05, 0) is 19.1 Å². The summed E-state index contributed by atoms with van der Waals surface area (Å²) in [4.78, 5) is 0.0934. The van der Waals surface area contributed by atoms with Crippen LogP contribution in [0.15, 0.2) is 29.2 Å². The SMILES string of the molecule is COC(CO)COS(=O)(=O)c1ccc(C)cc1.